The van der Waals surface area contributed by atoms with Crippen LogP contribution in [0.4, 0.5) is 11.4 Å². The molecule has 402 valence electrons. The first-order chi connectivity index (χ1) is 38.0. The first-order valence-electron chi connectivity index (χ1n) is 26.3. The summed E-state index contributed by atoms with van der Waals surface area (Å²) in [5.74, 6) is -0.411. The number of hydrogen-bond acceptors (Lipinski definition) is 14. The summed E-state index contributed by atoms with van der Waals surface area (Å²) >= 11 is 0. The number of benzene rings is 6. The first kappa shape index (κ1) is 53.0. The number of hydrogen-bond donors (Lipinski definition) is 2. The molecule has 2 aliphatic heterocycles. The van der Waals surface area contributed by atoms with Crippen LogP contribution in [0.3, 0.4) is 0 Å². The number of rotatable bonds is 23. The molecule has 6 unspecified atom stereocenters. The Labute approximate surface area is 450 Å². The van der Waals surface area contributed by atoms with Crippen molar-refractivity contribution in [3.05, 3.63) is 200 Å². The Balaban J connectivity index is 1.16. The van der Waals surface area contributed by atoms with Crippen LogP contribution in [-0.2, 0) is 27.5 Å². The number of allylic oxidation sites excluding steroid dienone is 1. The average molecular weight is 1060 g/mol. The fourth-order valence-electron chi connectivity index (χ4n) is 11.5. The van der Waals surface area contributed by atoms with Gasteiger partial charge in [-0.1, -0.05) is 66.5 Å². The van der Waals surface area contributed by atoms with Crippen LogP contribution in [-0.4, -0.2) is 75.0 Å². The summed E-state index contributed by atoms with van der Waals surface area (Å²) in [6, 6.07) is 36.3. The highest BCUT2D eigenvalue weighted by atomic mass is 16.7. The lowest BCUT2D eigenvalue weighted by molar-refractivity contribution is -0.385. The van der Waals surface area contributed by atoms with Gasteiger partial charge in [0.2, 0.25) is 18.5 Å². The average Bonchev–Trinajstić information content (AvgIpc) is 4.04. The highest BCUT2D eigenvalue weighted by molar-refractivity contribution is 6.03. The fourth-order valence-corrected chi connectivity index (χ4v) is 11.5. The predicted molar refractivity (Wildman–Crippen MR) is 292 cm³/mol. The smallest absolute Gasteiger partial charge is 0.269 e. The lowest BCUT2D eigenvalue weighted by atomic mass is 9.55. The van der Waals surface area contributed by atoms with E-state index in [4.69, 9.17) is 33.7 Å². The summed E-state index contributed by atoms with van der Waals surface area (Å²) in [4.78, 5) is 45.6. The predicted octanol–water partition coefficient (Wildman–Crippen LogP) is 11.8. The zero-order valence-electron chi connectivity index (χ0n) is 42.9. The number of unbranched alkanes of at least 4 members (excludes halogenated alkanes) is 2. The van der Waals surface area contributed by atoms with Crippen molar-refractivity contribution in [3.63, 3.8) is 0 Å². The summed E-state index contributed by atoms with van der Waals surface area (Å²) in [5.41, 5.74) is 3.96. The first-order valence-corrected chi connectivity index (χ1v) is 26.3. The van der Waals surface area contributed by atoms with Crippen molar-refractivity contribution in [2.45, 2.75) is 75.8 Å². The number of fused-ring (bicyclic) bond motifs is 4. The minimum Gasteiger partial charge on any atom is -0.459 e. The molecule has 1 saturated carbocycles. The fraction of sp³-hybridized carbons (Fsp3) is 0.311. The molecule has 0 bridgehead atoms. The molecule has 1 amide bonds. The van der Waals surface area contributed by atoms with Gasteiger partial charge in [-0.05, 0) is 143 Å². The van der Waals surface area contributed by atoms with Crippen molar-refractivity contribution in [3.8, 4) is 28.7 Å². The molecular weight excluding hydrogens is 997 g/mol. The van der Waals surface area contributed by atoms with E-state index in [0.29, 0.717) is 76.8 Å². The topological polar surface area (TPSA) is 215 Å². The van der Waals surface area contributed by atoms with Crippen LogP contribution in [0.25, 0.3) is 16.8 Å². The maximum Gasteiger partial charge on any atom is 0.269 e. The Morgan fingerprint density at radius 3 is 2.21 bits per heavy atom. The van der Waals surface area contributed by atoms with Gasteiger partial charge in [-0.2, -0.15) is 0 Å². The molecule has 2 N–H and O–H groups in total. The minimum absolute atomic E-state index is 0.0161. The largest absolute Gasteiger partial charge is 0.459 e. The van der Waals surface area contributed by atoms with Crippen molar-refractivity contribution < 1.29 is 53.4 Å². The molecule has 6 aromatic rings. The molecule has 10 rings (SSSR count). The van der Waals surface area contributed by atoms with Gasteiger partial charge in [0.25, 0.3) is 11.4 Å². The zero-order chi connectivity index (χ0) is 54.2. The van der Waals surface area contributed by atoms with Gasteiger partial charge in [0.15, 0.2) is 11.5 Å². The number of oxime groups is 1. The van der Waals surface area contributed by atoms with Crippen molar-refractivity contribution in [2.75, 3.05) is 26.6 Å². The number of ether oxygens (including phenoxy) is 5. The van der Waals surface area contributed by atoms with E-state index in [1.807, 2.05) is 72.8 Å². The van der Waals surface area contributed by atoms with Gasteiger partial charge in [-0.3, -0.25) is 25.0 Å². The molecule has 4 aliphatic rings. The van der Waals surface area contributed by atoms with Gasteiger partial charge in [0, 0.05) is 68.0 Å². The number of amides is 1. The molecule has 1 fully saturated rings. The van der Waals surface area contributed by atoms with Gasteiger partial charge in [-0.25, -0.2) is 0 Å². The van der Waals surface area contributed by atoms with E-state index in [-0.39, 0.29) is 75.3 Å². The molecule has 0 saturated heterocycles. The van der Waals surface area contributed by atoms with Gasteiger partial charge < -0.3 is 43.6 Å². The van der Waals surface area contributed by atoms with Crippen molar-refractivity contribution in [1.29, 1.82) is 0 Å². The second-order valence-corrected chi connectivity index (χ2v) is 19.9. The van der Waals surface area contributed by atoms with Crippen molar-refractivity contribution in [2.24, 2.45) is 22.9 Å². The lowest BCUT2D eigenvalue weighted by Crippen LogP contribution is -2.70. The second kappa shape index (κ2) is 23.9. The third-order valence-electron chi connectivity index (χ3n) is 15.1. The Morgan fingerprint density at radius 2 is 1.46 bits per heavy atom. The molecule has 0 spiro atoms. The Bertz CT molecular complexity index is 3270. The number of nitro groups is 2. The number of non-ortho nitro benzene ring substituents is 2. The Kier molecular flexibility index (Phi) is 16.2. The molecule has 2 aliphatic carbocycles. The summed E-state index contributed by atoms with van der Waals surface area (Å²) in [6.45, 7) is 4.19. The zero-order valence-corrected chi connectivity index (χ0v) is 42.9. The number of carbonyl (C=O) groups is 1. The second-order valence-electron chi connectivity index (χ2n) is 19.9. The van der Waals surface area contributed by atoms with Gasteiger partial charge in [0.05, 0.1) is 28.1 Å². The standard InChI is InChI=1S/C61H60N4O13/c1-2-31-75-61-57(63(37-42-17-26-55-56(32-42)74-39-73-55)58(68)28-18-40-13-20-46(21-14-40)64(69)70)36-53(62-76-38-41-15-22-47(23-16-41)65(71)72)51-34-45(11-5-7-29-66)50(12-6-8-30-67)59(60(51)61)52-35-49(25-27-54(52)78-61)77-48-24-19-43-9-3-4-10-44(43)33-48/h2-4,9-10,13-28,32-35,45,50,57,59-60,66-67H,1,5-8,11-12,29-31,36-39H2. The molecule has 17 heteroatoms. The summed E-state index contributed by atoms with van der Waals surface area (Å²) in [7, 11) is 0. The lowest BCUT2D eigenvalue weighted by Gasteiger charge is -2.60. The number of aliphatic hydroxyl groups excluding tert-OH is 2. The summed E-state index contributed by atoms with van der Waals surface area (Å²) < 4.78 is 32.9. The van der Waals surface area contributed by atoms with Crippen LogP contribution in [0.5, 0.6) is 28.7 Å². The van der Waals surface area contributed by atoms with E-state index in [9.17, 15) is 30.4 Å². The number of nitro benzene ring substituents is 2. The van der Waals surface area contributed by atoms with Crippen LogP contribution in [0, 0.1) is 38.0 Å². The monoisotopic (exact) mass is 1060 g/mol. The molecule has 17 nitrogen and oxygen atoms in total. The molecule has 0 radical (unpaired) electrons. The van der Waals surface area contributed by atoms with E-state index >= 15 is 4.79 Å². The van der Waals surface area contributed by atoms with Crippen molar-refractivity contribution in [1.82, 2.24) is 4.90 Å². The van der Waals surface area contributed by atoms with Crippen molar-refractivity contribution >= 4 is 39.8 Å². The van der Waals surface area contributed by atoms with E-state index in [0.717, 1.165) is 34.8 Å². The highest BCUT2D eigenvalue weighted by Crippen LogP contribution is 2.62. The highest BCUT2D eigenvalue weighted by Gasteiger charge is 2.65. The van der Waals surface area contributed by atoms with Crippen LogP contribution in [0.15, 0.2) is 163 Å². The quantitative estimate of drug-likeness (QED) is 0.0201. The molecule has 6 atom stereocenters. The Morgan fingerprint density at radius 1 is 0.782 bits per heavy atom. The molecular formula is C61H60N4O13. The number of carbonyl (C=O) groups excluding carboxylic acids is 1. The maximum absolute atomic E-state index is 15.5. The third kappa shape index (κ3) is 11.3. The third-order valence-corrected chi connectivity index (χ3v) is 15.1. The van der Waals surface area contributed by atoms with Crippen LogP contribution >= 0.6 is 0 Å². The normalized spacial score (nSPS) is 21.3. The Hall–Kier alpha value is -8.38. The number of aliphatic hydroxyl groups is 2. The molecule has 0 aromatic heterocycles. The van der Waals surface area contributed by atoms with Crippen LogP contribution in [0.1, 0.15) is 73.1 Å². The van der Waals surface area contributed by atoms with E-state index in [2.05, 4.69) is 12.7 Å². The summed E-state index contributed by atoms with van der Waals surface area (Å²) in [6.07, 6.45) is 11.0. The molecule has 78 heavy (non-hydrogen) atoms. The maximum atomic E-state index is 15.5. The van der Waals surface area contributed by atoms with E-state index in [1.54, 1.807) is 47.4 Å². The molecule has 6 aromatic carbocycles. The van der Waals surface area contributed by atoms with E-state index in [1.165, 1.54) is 30.3 Å². The summed E-state index contributed by atoms with van der Waals surface area (Å²) in [5, 5.41) is 50.4. The van der Waals surface area contributed by atoms with E-state index < -0.39 is 33.5 Å². The van der Waals surface area contributed by atoms with Gasteiger partial charge >= 0.3 is 0 Å². The number of nitrogens with zero attached hydrogens (tertiary/aromatic N) is 4. The van der Waals surface area contributed by atoms with Gasteiger partial charge in [-0.15, -0.1) is 6.58 Å². The van der Waals surface area contributed by atoms with Crippen LogP contribution in [0.2, 0.25) is 0 Å². The molecule has 2 heterocycles. The SMILES string of the molecule is C=CCOC12Oc3ccc(Oc4ccc5ccccc5c4)cc3C3C(CCCCO)C(CCCCO)C=C(C(=NOCc4ccc([N+](=O)[O-])cc4)CC1N(Cc1ccc4c(c1)OCO4)C(=O)C=Cc1ccc([N+](=O)[O-])cc1)C32. The minimum atomic E-state index is -1.63. The van der Waals surface area contributed by atoms with Gasteiger partial charge in [0.1, 0.15) is 29.9 Å². The van der Waals surface area contributed by atoms with Crippen LogP contribution < -0.4 is 18.9 Å².